The largest absolute Gasteiger partial charge is 0.481 e. The summed E-state index contributed by atoms with van der Waals surface area (Å²) >= 11 is 0. The van der Waals surface area contributed by atoms with Gasteiger partial charge in [0.1, 0.15) is 11.5 Å². The van der Waals surface area contributed by atoms with Crippen LogP contribution in [-0.2, 0) is 24.7 Å². The lowest BCUT2D eigenvalue weighted by Gasteiger charge is -2.55. The molecule has 4 fully saturated rings. The number of hydroxylamine groups is 4. The minimum Gasteiger partial charge on any atom is -0.481 e. The van der Waals surface area contributed by atoms with Gasteiger partial charge in [0, 0.05) is 66.6 Å². The molecule has 20 heteroatoms. The molecule has 6 N–H and O–H groups in total. The quantitative estimate of drug-likeness (QED) is 0.0232. The number of unbranched alkanes of at least 4 members (excludes halogenated alkanes) is 6. The Morgan fingerprint density at radius 3 is 1.07 bits per heavy atom. The summed E-state index contributed by atoms with van der Waals surface area (Å²) in [6.07, 6.45) is 28.5. The second kappa shape index (κ2) is 33.2. The van der Waals surface area contributed by atoms with Gasteiger partial charge in [0.2, 0.25) is 23.8 Å². The summed E-state index contributed by atoms with van der Waals surface area (Å²) in [5, 5.41) is 36.5. The number of anilines is 4. The van der Waals surface area contributed by atoms with Crippen molar-refractivity contribution < 1.29 is 39.0 Å². The molecule has 4 aliphatic rings. The van der Waals surface area contributed by atoms with Crippen LogP contribution in [0.5, 0.6) is 23.5 Å². The normalized spacial score (nSPS) is 19.2. The van der Waals surface area contributed by atoms with Gasteiger partial charge in [0.15, 0.2) is 0 Å². The molecular formula is C71H112N12O8. The Bertz CT molecular complexity index is 2650. The fourth-order valence-electron chi connectivity index (χ4n) is 15.0. The van der Waals surface area contributed by atoms with Gasteiger partial charge in [-0.2, -0.15) is 40.0 Å². The molecule has 20 nitrogen and oxygen atoms in total. The summed E-state index contributed by atoms with van der Waals surface area (Å²) in [5.41, 5.74) is 1.61. The van der Waals surface area contributed by atoms with Gasteiger partial charge < -0.3 is 41.0 Å². The molecule has 0 radical (unpaired) electrons. The third-order valence-corrected chi connectivity index (χ3v) is 19.1. The standard InChI is InChI=1S/C71H112N12O8/c1-67(2)47-51(48-68(3,4)82(67)90-57-29-15-11-16-30-57)27-21-25-45-74-63-76-61(72-43-23-13-19-33-59(84)85)78-65(80-63)88-55-39-35-53(36-40-55)71(9,10)54-37-41-56(42-38-54)89-66-79-62(73-44-24-14-20-34-60(86)87)77-64(81-66)75-46-26-22-28-52-49-69(5,6)83(70(7,8)50-52)91-58-31-17-12-18-32-58/h35-42,51-52,57-58H,11-34,43-50H2,1-10H3,(H,84,85)(H,86,87)(H2,72,74,76,78,80)(H2,73,75,77,79,81). The van der Waals surface area contributed by atoms with Crippen molar-refractivity contribution >= 4 is 35.7 Å². The van der Waals surface area contributed by atoms with Crippen molar-refractivity contribution in [3.8, 4) is 23.5 Å². The monoisotopic (exact) mass is 1260 g/mol. The van der Waals surface area contributed by atoms with Crippen molar-refractivity contribution in [1.82, 2.24) is 40.0 Å². The van der Waals surface area contributed by atoms with Gasteiger partial charge in [-0.05, 0) is 193 Å². The number of hydrogen-bond donors (Lipinski definition) is 6. The molecule has 2 saturated carbocycles. The second-order valence-electron chi connectivity index (χ2n) is 29.6. The van der Waals surface area contributed by atoms with E-state index in [1.165, 1.54) is 38.5 Å². The van der Waals surface area contributed by atoms with Crippen LogP contribution in [0.2, 0.25) is 0 Å². The van der Waals surface area contributed by atoms with Gasteiger partial charge >= 0.3 is 24.0 Å². The average molecular weight is 1260 g/mol. The summed E-state index contributed by atoms with van der Waals surface area (Å²) in [6, 6.07) is 16.3. The minimum absolute atomic E-state index is 0.0363. The fourth-order valence-corrected chi connectivity index (χ4v) is 15.0. The van der Waals surface area contributed by atoms with Gasteiger partial charge in [0.25, 0.3) is 0 Å². The smallest absolute Gasteiger partial charge is 0.328 e. The van der Waals surface area contributed by atoms with Gasteiger partial charge in [-0.1, -0.05) is 115 Å². The molecule has 504 valence electrons. The number of aromatic nitrogens is 6. The van der Waals surface area contributed by atoms with Gasteiger partial charge in [0.05, 0.1) is 12.2 Å². The topological polar surface area (TPSA) is 243 Å². The van der Waals surface area contributed by atoms with E-state index in [-0.39, 0.29) is 47.0 Å². The molecule has 2 aromatic carbocycles. The number of ether oxygens (including phenoxy) is 2. The average Bonchev–Trinajstić information content (AvgIpc) is 0.907. The first-order valence-electron chi connectivity index (χ1n) is 34.8. The first-order valence-corrected chi connectivity index (χ1v) is 34.8. The molecule has 4 aromatic rings. The third-order valence-electron chi connectivity index (χ3n) is 19.1. The van der Waals surface area contributed by atoms with Crippen LogP contribution >= 0.6 is 0 Å². The minimum atomic E-state index is -0.783. The predicted octanol–water partition coefficient (Wildman–Crippen LogP) is 16.3. The summed E-state index contributed by atoms with van der Waals surface area (Å²) in [4.78, 5) is 63.8. The van der Waals surface area contributed by atoms with E-state index in [1.54, 1.807) is 0 Å². The van der Waals surface area contributed by atoms with Crippen molar-refractivity contribution in [2.45, 2.75) is 289 Å². The molecule has 0 spiro atoms. The number of carboxylic acids is 2. The number of nitrogens with one attached hydrogen (secondary N) is 4. The molecule has 0 unspecified atom stereocenters. The van der Waals surface area contributed by atoms with E-state index in [2.05, 4.69) is 135 Å². The number of benzene rings is 2. The Morgan fingerprint density at radius 2 is 0.758 bits per heavy atom. The Kier molecular flexibility index (Phi) is 25.9. The van der Waals surface area contributed by atoms with Crippen LogP contribution < -0.4 is 30.7 Å². The molecule has 2 aliphatic heterocycles. The number of piperidine rings is 2. The van der Waals surface area contributed by atoms with Crippen molar-refractivity contribution in [3.63, 3.8) is 0 Å². The Labute approximate surface area is 543 Å². The number of nitrogens with zero attached hydrogens (tertiary/aromatic N) is 8. The van der Waals surface area contributed by atoms with Crippen LogP contribution in [0.1, 0.15) is 260 Å². The van der Waals surface area contributed by atoms with Gasteiger partial charge in [-0.15, -0.1) is 0 Å². The Hall–Kier alpha value is -5.96. The lowest BCUT2D eigenvalue weighted by Crippen LogP contribution is -2.61. The lowest BCUT2D eigenvalue weighted by molar-refractivity contribution is -0.314. The number of aliphatic carboxylic acids is 2. The maximum atomic E-state index is 11.1. The van der Waals surface area contributed by atoms with E-state index >= 15 is 0 Å². The predicted molar refractivity (Wildman–Crippen MR) is 360 cm³/mol. The van der Waals surface area contributed by atoms with Crippen LogP contribution in [-0.4, -0.2) is 123 Å². The molecule has 0 amide bonds. The SMILES string of the molecule is CC(C)(c1ccc(Oc2nc(NCCCCCC(=O)O)nc(NCCCCC3CC(C)(C)N(OC4CCCCC4)C(C)(C)C3)n2)cc1)c1ccc(Oc2nc(NCCCCCC(=O)O)nc(NCCCCC3CC(C)(C)N(OC4CCCCC4)C(C)(C)C3)n2)cc1. The summed E-state index contributed by atoms with van der Waals surface area (Å²) in [7, 11) is 0. The maximum Gasteiger partial charge on any atom is 0.328 e. The number of rotatable bonds is 36. The van der Waals surface area contributed by atoms with E-state index in [0.29, 0.717) is 98.4 Å². The first-order chi connectivity index (χ1) is 43.4. The molecule has 91 heavy (non-hydrogen) atoms. The first kappa shape index (κ1) is 70.9. The van der Waals surface area contributed by atoms with Crippen LogP contribution in [0, 0.1) is 11.8 Å². The second-order valence-corrected chi connectivity index (χ2v) is 29.6. The van der Waals surface area contributed by atoms with Gasteiger partial charge in [-0.25, -0.2) is 0 Å². The zero-order chi connectivity index (χ0) is 65.1. The zero-order valence-corrected chi connectivity index (χ0v) is 57.0. The highest BCUT2D eigenvalue weighted by atomic mass is 16.7. The van der Waals surface area contributed by atoms with E-state index in [1.807, 2.05) is 24.3 Å². The summed E-state index contributed by atoms with van der Waals surface area (Å²) in [6.45, 7) is 25.7. The Morgan fingerprint density at radius 1 is 0.451 bits per heavy atom. The van der Waals surface area contributed by atoms with Crippen LogP contribution in [0.3, 0.4) is 0 Å². The molecular weight excluding hydrogens is 1150 g/mol. The molecule has 2 aliphatic carbocycles. The molecule has 0 bridgehead atoms. The van der Waals surface area contributed by atoms with E-state index in [9.17, 15) is 9.59 Å². The maximum absolute atomic E-state index is 11.1. The van der Waals surface area contributed by atoms with Crippen molar-refractivity contribution in [2.75, 3.05) is 47.4 Å². The van der Waals surface area contributed by atoms with Crippen LogP contribution in [0.4, 0.5) is 23.8 Å². The van der Waals surface area contributed by atoms with E-state index < -0.39 is 17.4 Å². The Balaban J connectivity index is 0.849. The highest BCUT2D eigenvalue weighted by molar-refractivity contribution is 5.66. The molecule has 8 rings (SSSR count). The lowest BCUT2D eigenvalue weighted by atomic mass is 9.73. The van der Waals surface area contributed by atoms with E-state index in [4.69, 9.17) is 49.3 Å². The van der Waals surface area contributed by atoms with E-state index in [0.717, 1.165) is 127 Å². The number of carbonyl (C=O) groups is 2. The fraction of sp³-hybridized carbons (Fsp3) is 0.718. The number of carboxylic acid groups (broad SMARTS) is 2. The summed E-state index contributed by atoms with van der Waals surface area (Å²) in [5.74, 6) is 2.48. The zero-order valence-electron chi connectivity index (χ0n) is 57.0. The van der Waals surface area contributed by atoms with Crippen molar-refractivity contribution in [2.24, 2.45) is 11.8 Å². The van der Waals surface area contributed by atoms with Crippen molar-refractivity contribution in [3.05, 3.63) is 59.7 Å². The molecule has 0 atom stereocenters. The summed E-state index contributed by atoms with van der Waals surface area (Å²) < 4.78 is 12.7. The highest BCUT2D eigenvalue weighted by Gasteiger charge is 2.48. The van der Waals surface area contributed by atoms with Crippen LogP contribution in [0.15, 0.2) is 48.5 Å². The molecule has 2 aromatic heterocycles. The molecule has 2 saturated heterocycles. The highest BCUT2D eigenvalue weighted by Crippen LogP contribution is 2.46. The molecule has 4 heterocycles. The third kappa shape index (κ3) is 22.1. The van der Waals surface area contributed by atoms with Crippen LogP contribution in [0.25, 0.3) is 0 Å². The van der Waals surface area contributed by atoms with Gasteiger partial charge in [-0.3, -0.25) is 19.3 Å². The van der Waals surface area contributed by atoms with Crippen molar-refractivity contribution in [1.29, 1.82) is 0 Å². The number of hydrogen-bond acceptors (Lipinski definition) is 18.